The predicted molar refractivity (Wildman–Crippen MR) is 81.0 cm³/mol. The van der Waals surface area contributed by atoms with E-state index in [1.165, 1.54) is 0 Å². The van der Waals surface area contributed by atoms with Crippen LogP contribution in [0.25, 0.3) is 0 Å². The first-order valence-corrected chi connectivity index (χ1v) is 7.48. The number of carbonyl (C=O) groups is 1. The Kier molecular flexibility index (Phi) is 4.20. The Labute approximate surface area is 129 Å². The number of amides is 1. The van der Waals surface area contributed by atoms with Crippen molar-refractivity contribution in [2.45, 2.75) is 31.4 Å². The van der Waals surface area contributed by atoms with Crippen LogP contribution in [0, 0.1) is 0 Å². The average molecular weight is 300 g/mol. The van der Waals surface area contributed by atoms with E-state index in [-0.39, 0.29) is 18.4 Å². The van der Waals surface area contributed by atoms with Crippen LogP contribution < -0.4 is 0 Å². The summed E-state index contributed by atoms with van der Waals surface area (Å²) in [5.41, 5.74) is 1.79. The molecule has 2 aromatic rings. The molecule has 0 aliphatic carbocycles. The standard InChI is InChI=1S/C16H20N4O2/c1-19-11-12(10-18-19)8-14-15(21)5-7-20(14)16(22)9-13-4-2-3-6-17-13/h2-4,6,10-11,14-15,21H,5,7-9H2,1H3/t14-,15-/m1/s1. The SMILES string of the molecule is Cn1cc(C[C@@H]2[C@H](O)CCN2C(=O)Cc2ccccn2)cn1. The molecule has 6 nitrogen and oxygen atoms in total. The summed E-state index contributed by atoms with van der Waals surface area (Å²) in [7, 11) is 1.86. The zero-order chi connectivity index (χ0) is 15.5. The van der Waals surface area contributed by atoms with E-state index in [0.29, 0.717) is 19.4 Å². The summed E-state index contributed by atoms with van der Waals surface area (Å²) < 4.78 is 1.73. The zero-order valence-corrected chi connectivity index (χ0v) is 12.6. The molecule has 1 N–H and O–H groups in total. The van der Waals surface area contributed by atoms with Crippen molar-refractivity contribution in [3.63, 3.8) is 0 Å². The number of aryl methyl sites for hydroxylation is 1. The van der Waals surface area contributed by atoms with Gasteiger partial charge in [-0.15, -0.1) is 0 Å². The minimum Gasteiger partial charge on any atom is -0.391 e. The quantitative estimate of drug-likeness (QED) is 0.896. The highest BCUT2D eigenvalue weighted by Gasteiger charge is 2.36. The lowest BCUT2D eigenvalue weighted by molar-refractivity contribution is -0.132. The molecule has 0 unspecified atom stereocenters. The Balaban J connectivity index is 1.69. The first-order valence-electron chi connectivity index (χ1n) is 7.48. The van der Waals surface area contributed by atoms with Crippen LogP contribution in [0.4, 0.5) is 0 Å². The molecule has 2 aromatic heterocycles. The van der Waals surface area contributed by atoms with Crippen LogP contribution in [0.5, 0.6) is 0 Å². The average Bonchev–Trinajstić information content (AvgIpc) is 3.07. The molecule has 1 fully saturated rings. The highest BCUT2D eigenvalue weighted by atomic mass is 16.3. The van der Waals surface area contributed by atoms with E-state index >= 15 is 0 Å². The Morgan fingerprint density at radius 1 is 1.45 bits per heavy atom. The zero-order valence-electron chi connectivity index (χ0n) is 12.6. The summed E-state index contributed by atoms with van der Waals surface area (Å²) in [5.74, 6) is 0.0177. The van der Waals surface area contributed by atoms with Gasteiger partial charge >= 0.3 is 0 Å². The molecular formula is C16H20N4O2. The Bertz CT molecular complexity index is 641. The van der Waals surface area contributed by atoms with E-state index in [9.17, 15) is 9.90 Å². The Hall–Kier alpha value is -2.21. The number of carbonyl (C=O) groups excluding carboxylic acids is 1. The molecule has 1 saturated heterocycles. The third-order valence-electron chi connectivity index (χ3n) is 4.09. The van der Waals surface area contributed by atoms with Gasteiger partial charge in [0.1, 0.15) is 0 Å². The van der Waals surface area contributed by atoms with Crippen molar-refractivity contribution in [2.24, 2.45) is 7.05 Å². The summed E-state index contributed by atoms with van der Waals surface area (Å²) in [4.78, 5) is 18.5. The minimum atomic E-state index is -0.479. The monoisotopic (exact) mass is 300 g/mol. The summed E-state index contributed by atoms with van der Waals surface area (Å²) in [5, 5.41) is 14.3. The van der Waals surface area contributed by atoms with E-state index in [2.05, 4.69) is 10.1 Å². The van der Waals surface area contributed by atoms with Crippen molar-refractivity contribution in [3.05, 3.63) is 48.0 Å². The van der Waals surface area contributed by atoms with Gasteiger partial charge in [0.25, 0.3) is 0 Å². The first kappa shape index (κ1) is 14.7. The molecule has 0 bridgehead atoms. The van der Waals surface area contributed by atoms with Gasteiger partial charge in [0.05, 0.1) is 24.8 Å². The number of aromatic nitrogens is 3. The summed E-state index contributed by atoms with van der Waals surface area (Å²) in [6, 6.07) is 5.38. The van der Waals surface area contributed by atoms with Crippen molar-refractivity contribution in [1.29, 1.82) is 0 Å². The van der Waals surface area contributed by atoms with Crippen molar-refractivity contribution >= 4 is 5.91 Å². The van der Waals surface area contributed by atoms with Gasteiger partial charge in [-0.2, -0.15) is 5.10 Å². The van der Waals surface area contributed by atoms with Gasteiger partial charge in [0.15, 0.2) is 0 Å². The lowest BCUT2D eigenvalue weighted by Crippen LogP contribution is -2.41. The number of rotatable bonds is 4. The number of hydrogen-bond acceptors (Lipinski definition) is 4. The molecule has 1 amide bonds. The summed E-state index contributed by atoms with van der Waals surface area (Å²) in [6.07, 6.45) is 6.44. The summed E-state index contributed by atoms with van der Waals surface area (Å²) >= 11 is 0. The molecule has 116 valence electrons. The third-order valence-corrected chi connectivity index (χ3v) is 4.09. The first-order chi connectivity index (χ1) is 10.6. The molecule has 6 heteroatoms. The molecule has 1 aliphatic rings. The van der Waals surface area contributed by atoms with Gasteiger partial charge in [-0.05, 0) is 30.5 Å². The lowest BCUT2D eigenvalue weighted by Gasteiger charge is -2.26. The molecule has 3 rings (SSSR count). The number of nitrogens with zero attached hydrogens (tertiary/aromatic N) is 4. The molecule has 1 aliphatic heterocycles. The van der Waals surface area contributed by atoms with E-state index in [1.54, 1.807) is 22.0 Å². The van der Waals surface area contributed by atoms with Crippen LogP contribution in [0.15, 0.2) is 36.8 Å². The molecule has 2 atom stereocenters. The Morgan fingerprint density at radius 2 is 2.32 bits per heavy atom. The smallest absolute Gasteiger partial charge is 0.228 e. The minimum absolute atomic E-state index is 0.0177. The fourth-order valence-electron chi connectivity index (χ4n) is 2.97. The van der Waals surface area contributed by atoms with Crippen LogP contribution in [-0.2, 0) is 24.7 Å². The maximum absolute atomic E-state index is 12.5. The number of hydrogen-bond donors (Lipinski definition) is 1. The second-order valence-electron chi connectivity index (χ2n) is 5.73. The van der Waals surface area contributed by atoms with E-state index < -0.39 is 6.10 Å². The normalized spacial score (nSPS) is 21.3. The van der Waals surface area contributed by atoms with Gasteiger partial charge < -0.3 is 10.0 Å². The van der Waals surface area contributed by atoms with Crippen LogP contribution in [-0.4, -0.2) is 49.4 Å². The Morgan fingerprint density at radius 3 is 3.00 bits per heavy atom. The molecule has 0 spiro atoms. The van der Waals surface area contributed by atoms with E-state index in [4.69, 9.17) is 0 Å². The molecule has 22 heavy (non-hydrogen) atoms. The van der Waals surface area contributed by atoms with E-state index in [1.807, 2.05) is 31.4 Å². The van der Waals surface area contributed by atoms with Crippen molar-refractivity contribution < 1.29 is 9.90 Å². The van der Waals surface area contributed by atoms with Crippen molar-refractivity contribution in [2.75, 3.05) is 6.54 Å². The highest BCUT2D eigenvalue weighted by Crippen LogP contribution is 2.22. The number of likely N-dealkylation sites (tertiary alicyclic amines) is 1. The van der Waals surface area contributed by atoms with Crippen LogP contribution in [0.3, 0.4) is 0 Å². The van der Waals surface area contributed by atoms with Gasteiger partial charge in [-0.1, -0.05) is 6.07 Å². The molecule has 3 heterocycles. The topological polar surface area (TPSA) is 71.2 Å². The van der Waals surface area contributed by atoms with Crippen molar-refractivity contribution in [3.8, 4) is 0 Å². The van der Waals surface area contributed by atoms with Gasteiger partial charge in [-0.3, -0.25) is 14.5 Å². The molecule has 0 aromatic carbocycles. The number of aliphatic hydroxyl groups is 1. The number of aliphatic hydroxyl groups excluding tert-OH is 1. The molecule has 0 radical (unpaired) electrons. The van der Waals surface area contributed by atoms with Crippen LogP contribution >= 0.6 is 0 Å². The van der Waals surface area contributed by atoms with Gasteiger partial charge in [0, 0.05) is 31.7 Å². The second kappa shape index (κ2) is 6.27. The predicted octanol–water partition coefficient (Wildman–Crippen LogP) is 0.562. The fraction of sp³-hybridized carbons (Fsp3) is 0.438. The van der Waals surface area contributed by atoms with Gasteiger partial charge in [-0.25, -0.2) is 0 Å². The molecular weight excluding hydrogens is 280 g/mol. The highest BCUT2D eigenvalue weighted by molar-refractivity contribution is 5.79. The van der Waals surface area contributed by atoms with Crippen molar-refractivity contribution in [1.82, 2.24) is 19.7 Å². The van der Waals surface area contributed by atoms with Gasteiger partial charge in [0.2, 0.25) is 5.91 Å². The third kappa shape index (κ3) is 3.17. The summed E-state index contributed by atoms with van der Waals surface area (Å²) in [6.45, 7) is 0.595. The maximum atomic E-state index is 12.5. The van der Waals surface area contributed by atoms with Crippen LogP contribution in [0.1, 0.15) is 17.7 Å². The largest absolute Gasteiger partial charge is 0.391 e. The van der Waals surface area contributed by atoms with Crippen LogP contribution in [0.2, 0.25) is 0 Å². The fourth-order valence-corrected chi connectivity index (χ4v) is 2.97. The van der Waals surface area contributed by atoms with E-state index in [0.717, 1.165) is 11.3 Å². The number of pyridine rings is 1. The lowest BCUT2D eigenvalue weighted by atomic mass is 10.0. The maximum Gasteiger partial charge on any atom is 0.228 e. The second-order valence-corrected chi connectivity index (χ2v) is 5.73. The molecule has 0 saturated carbocycles.